The van der Waals surface area contributed by atoms with Gasteiger partial charge in [-0.1, -0.05) is 6.92 Å². The first kappa shape index (κ1) is 9.45. The van der Waals surface area contributed by atoms with Gasteiger partial charge in [0, 0.05) is 13.2 Å². The molecule has 12 heavy (non-hydrogen) atoms. The molecule has 1 N–H and O–H groups in total. The molecule has 0 bridgehead atoms. The second-order valence-corrected chi connectivity index (χ2v) is 3.04. The number of halogens is 1. The summed E-state index contributed by atoms with van der Waals surface area (Å²) in [7, 11) is 0. The Hall–Kier alpha value is -0.640. The molecule has 0 aromatic carbocycles. The number of ether oxygens (including phenoxy) is 1. The predicted octanol–water partition coefficient (Wildman–Crippen LogP) is 0.497. The molecule has 1 fully saturated rings. The third kappa shape index (κ3) is 2.17. The molecule has 0 radical (unpaired) electrons. The zero-order valence-corrected chi connectivity index (χ0v) is 7.18. The van der Waals surface area contributed by atoms with Crippen molar-refractivity contribution in [2.45, 2.75) is 19.4 Å². The lowest BCUT2D eigenvalue weighted by molar-refractivity contribution is -0.131. The van der Waals surface area contributed by atoms with Crippen LogP contribution in [0.15, 0.2) is 0 Å². The molecule has 0 spiro atoms. The van der Waals surface area contributed by atoms with Crippen LogP contribution in [0.4, 0.5) is 4.39 Å². The molecule has 0 aromatic heterocycles. The topological polar surface area (TPSA) is 38.3 Å². The number of alkyl halides is 1. The fourth-order valence-electron chi connectivity index (χ4n) is 1.30. The second-order valence-electron chi connectivity index (χ2n) is 3.04. The molecular weight excluding hydrogens is 161 g/mol. The van der Waals surface area contributed by atoms with E-state index in [4.69, 9.17) is 4.74 Å². The Bertz CT molecular complexity index is 163. The molecule has 1 saturated heterocycles. The van der Waals surface area contributed by atoms with Gasteiger partial charge in [-0.25, -0.2) is 4.39 Å². The average molecular weight is 175 g/mol. The van der Waals surface area contributed by atoms with Gasteiger partial charge in [0.25, 0.3) is 0 Å². The van der Waals surface area contributed by atoms with Crippen molar-refractivity contribution in [3.05, 3.63) is 0 Å². The standard InChI is InChI=1S/C8H14FNO2/c1-6-2-5-12-7(6)8(11)10-4-3-9/h6-7H,2-5H2,1H3,(H,10,11). The van der Waals surface area contributed by atoms with Gasteiger partial charge in [0.05, 0.1) is 0 Å². The monoisotopic (exact) mass is 175 g/mol. The Morgan fingerprint density at radius 1 is 1.75 bits per heavy atom. The minimum atomic E-state index is -0.521. The summed E-state index contributed by atoms with van der Waals surface area (Å²) in [5, 5.41) is 2.47. The summed E-state index contributed by atoms with van der Waals surface area (Å²) in [5.41, 5.74) is 0. The normalized spacial score (nSPS) is 28.8. The Morgan fingerprint density at radius 2 is 2.50 bits per heavy atom. The Labute approximate surface area is 71.3 Å². The number of carbonyl (C=O) groups excluding carboxylic acids is 1. The molecule has 1 heterocycles. The highest BCUT2D eigenvalue weighted by Crippen LogP contribution is 2.19. The highest BCUT2D eigenvalue weighted by molar-refractivity contribution is 5.81. The number of carbonyl (C=O) groups is 1. The summed E-state index contributed by atoms with van der Waals surface area (Å²) >= 11 is 0. The SMILES string of the molecule is CC1CCOC1C(=O)NCCF. The highest BCUT2D eigenvalue weighted by atomic mass is 19.1. The first-order chi connectivity index (χ1) is 5.75. The predicted molar refractivity (Wildman–Crippen MR) is 42.5 cm³/mol. The average Bonchev–Trinajstić information content (AvgIpc) is 2.47. The molecule has 70 valence electrons. The second kappa shape index (κ2) is 4.40. The lowest BCUT2D eigenvalue weighted by Gasteiger charge is -2.13. The summed E-state index contributed by atoms with van der Waals surface area (Å²) in [6.07, 6.45) is 0.546. The zero-order valence-electron chi connectivity index (χ0n) is 7.18. The maximum Gasteiger partial charge on any atom is 0.249 e. The van der Waals surface area contributed by atoms with Crippen molar-refractivity contribution < 1.29 is 13.9 Å². The smallest absolute Gasteiger partial charge is 0.249 e. The minimum Gasteiger partial charge on any atom is -0.368 e. The Kier molecular flexibility index (Phi) is 3.47. The lowest BCUT2D eigenvalue weighted by Crippen LogP contribution is -2.38. The van der Waals surface area contributed by atoms with E-state index in [0.717, 1.165) is 6.42 Å². The lowest BCUT2D eigenvalue weighted by atomic mass is 10.0. The van der Waals surface area contributed by atoms with E-state index in [-0.39, 0.29) is 24.5 Å². The van der Waals surface area contributed by atoms with E-state index in [2.05, 4.69) is 5.32 Å². The van der Waals surface area contributed by atoms with Gasteiger partial charge in [0.2, 0.25) is 5.91 Å². The van der Waals surface area contributed by atoms with Crippen LogP contribution < -0.4 is 5.32 Å². The van der Waals surface area contributed by atoms with Gasteiger partial charge >= 0.3 is 0 Å². The first-order valence-electron chi connectivity index (χ1n) is 4.21. The summed E-state index contributed by atoms with van der Waals surface area (Å²) in [5.74, 6) is 0.0715. The van der Waals surface area contributed by atoms with E-state index in [1.807, 2.05) is 6.92 Å². The minimum absolute atomic E-state index is 0.0887. The molecule has 1 rings (SSSR count). The Morgan fingerprint density at radius 3 is 3.00 bits per heavy atom. The molecule has 1 amide bonds. The largest absolute Gasteiger partial charge is 0.368 e. The summed E-state index contributed by atoms with van der Waals surface area (Å²) in [6.45, 7) is 2.17. The van der Waals surface area contributed by atoms with Gasteiger partial charge in [-0.15, -0.1) is 0 Å². The maximum absolute atomic E-state index is 11.7. The van der Waals surface area contributed by atoms with E-state index in [0.29, 0.717) is 6.61 Å². The number of rotatable bonds is 3. The van der Waals surface area contributed by atoms with Crippen LogP contribution in [0, 0.1) is 5.92 Å². The van der Waals surface area contributed by atoms with Crippen LogP contribution in [0.3, 0.4) is 0 Å². The van der Waals surface area contributed by atoms with Crippen molar-refractivity contribution in [1.82, 2.24) is 5.32 Å². The maximum atomic E-state index is 11.7. The number of amides is 1. The van der Waals surface area contributed by atoms with Crippen molar-refractivity contribution in [2.24, 2.45) is 5.92 Å². The Balaban J connectivity index is 2.30. The van der Waals surface area contributed by atoms with Crippen molar-refractivity contribution in [3.63, 3.8) is 0 Å². The van der Waals surface area contributed by atoms with Gasteiger partial charge < -0.3 is 10.1 Å². The first-order valence-corrected chi connectivity index (χ1v) is 4.21. The van der Waals surface area contributed by atoms with Gasteiger partial charge in [-0.05, 0) is 12.3 Å². The quantitative estimate of drug-likeness (QED) is 0.678. The molecular formula is C8H14FNO2. The molecule has 0 aliphatic carbocycles. The van der Waals surface area contributed by atoms with Crippen molar-refractivity contribution >= 4 is 5.91 Å². The number of nitrogens with one attached hydrogen (secondary N) is 1. The van der Waals surface area contributed by atoms with Gasteiger partial charge in [-0.3, -0.25) is 4.79 Å². The van der Waals surface area contributed by atoms with Crippen LogP contribution in [0.1, 0.15) is 13.3 Å². The van der Waals surface area contributed by atoms with Crippen LogP contribution in [0.25, 0.3) is 0 Å². The molecule has 4 heteroatoms. The van der Waals surface area contributed by atoms with Crippen LogP contribution in [0.5, 0.6) is 0 Å². The van der Waals surface area contributed by atoms with E-state index in [9.17, 15) is 9.18 Å². The number of hydrogen-bond donors (Lipinski definition) is 1. The fraction of sp³-hybridized carbons (Fsp3) is 0.875. The van der Waals surface area contributed by atoms with Crippen molar-refractivity contribution in [2.75, 3.05) is 19.8 Å². The van der Waals surface area contributed by atoms with E-state index < -0.39 is 6.67 Å². The van der Waals surface area contributed by atoms with E-state index in [1.54, 1.807) is 0 Å². The van der Waals surface area contributed by atoms with Crippen LogP contribution in [-0.2, 0) is 9.53 Å². The van der Waals surface area contributed by atoms with Crippen molar-refractivity contribution in [3.8, 4) is 0 Å². The fourth-order valence-corrected chi connectivity index (χ4v) is 1.30. The number of hydrogen-bond acceptors (Lipinski definition) is 2. The third-order valence-corrected chi connectivity index (χ3v) is 2.04. The molecule has 1 aliphatic rings. The highest BCUT2D eigenvalue weighted by Gasteiger charge is 2.30. The molecule has 2 unspecified atom stereocenters. The molecule has 0 saturated carbocycles. The van der Waals surface area contributed by atoms with Crippen molar-refractivity contribution in [1.29, 1.82) is 0 Å². The van der Waals surface area contributed by atoms with E-state index in [1.165, 1.54) is 0 Å². The summed E-state index contributed by atoms with van der Waals surface area (Å²) in [6, 6.07) is 0. The molecule has 2 atom stereocenters. The summed E-state index contributed by atoms with van der Waals surface area (Å²) in [4.78, 5) is 11.2. The van der Waals surface area contributed by atoms with Crippen LogP contribution in [0.2, 0.25) is 0 Å². The molecule has 0 aromatic rings. The summed E-state index contributed by atoms with van der Waals surface area (Å²) < 4.78 is 16.9. The van der Waals surface area contributed by atoms with E-state index >= 15 is 0 Å². The van der Waals surface area contributed by atoms with Crippen LogP contribution in [-0.4, -0.2) is 31.8 Å². The molecule has 3 nitrogen and oxygen atoms in total. The van der Waals surface area contributed by atoms with Gasteiger partial charge in [0.1, 0.15) is 12.8 Å². The zero-order chi connectivity index (χ0) is 8.97. The van der Waals surface area contributed by atoms with Crippen LogP contribution >= 0.6 is 0 Å². The van der Waals surface area contributed by atoms with Gasteiger partial charge in [0.15, 0.2) is 0 Å². The molecule has 1 aliphatic heterocycles. The third-order valence-electron chi connectivity index (χ3n) is 2.04. The van der Waals surface area contributed by atoms with Gasteiger partial charge in [-0.2, -0.15) is 0 Å².